The zero-order chi connectivity index (χ0) is 13.8. The van der Waals surface area contributed by atoms with Gasteiger partial charge in [-0.2, -0.15) is 0 Å². The van der Waals surface area contributed by atoms with E-state index >= 15 is 0 Å². The number of methoxy groups -OCH3 is 1. The highest BCUT2D eigenvalue weighted by Gasteiger charge is 2.25. The van der Waals surface area contributed by atoms with Crippen LogP contribution in [0.3, 0.4) is 0 Å². The zero-order valence-electron chi connectivity index (χ0n) is 12.4. The molecule has 19 heavy (non-hydrogen) atoms. The first-order valence-electron chi connectivity index (χ1n) is 7.27. The molecule has 3 heteroatoms. The third-order valence-corrected chi connectivity index (χ3v) is 4.31. The van der Waals surface area contributed by atoms with Gasteiger partial charge < -0.3 is 10.5 Å². The Kier molecular flexibility index (Phi) is 4.83. The summed E-state index contributed by atoms with van der Waals surface area (Å²) in [4.78, 5) is 2.58. The van der Waals surface area contributed by atoms with Gasteiger partial charge in [0.2, 0.25) is 0 Å². The monoisotopic (exact) mass is 262 g/mol. The third kappa shape index (κ3) is 3.28. The van der Waals surface area contributed by atoms with E-state index in [1.807, 2.05) is 12.1 Å². The van der Waals surface area contributed by atoms with Crippen LogP contribution in [0.5, 0.6) is 5.75 Å². The number of hydrogen-bond donors (Lipinski definition) is 1. The maximum absolute atomic E-state index is 5.74. The summed E-state index contributed by atoms with van der Waals surface area (Å²) in [6, 6.07) is 7.57. The van der Waals surface area contributed by atoms with Crippen molar-refractivity contribution < 1.29 is 4.74 Å². The molecule has 1 aliphatic rings. The van der Waals surface area contributed by atoms with Crippen LogP contribution in [0.25, 0.3) is 0 Å². The Morgan fingerprint density at radius 2 is 1.95 bits per heavy atom. The maximum atomic E-state index is 5.74. The van der Waals surface area contributed by atoms with Crippen molar-refractivity contribution >= 4 is 0 Å². The van der Waals surface area contributed by atoms with Gasteiger partial charge in [0, 0.05) is 30.7 Å². The summed E-state index contributed by atoms with van der Waals surface area (Å²) < 4.78 is 5.49. The second-order valence-corrected chi connectivity index (χ2v) is 5.65. The van der Waals surface area contributed by atoms with Crippen molar-refractivity contribution in [3.63, 3.8) is 0 Å². The summed E-state index contributed by atoms with van der Waals surface area (Å²) in [5, 5.41) is 0. The van der Waals surface area contributed by atoms with E-state index in [9.17, 15) is 0 Å². The highest BCUT2D eigenvalue weighted by molar-refractivity contribution is 5.37. The molecular weight excluding hydrogens is 236 g/mol. The average Bonchev–Trinajstić information content (AvgIpc) is 2.42. The molecule has 1 fully saturated rings. The lowest BCUT2D eigenvalue weighted by atomic mass is 9.96. The van der Waals surface area contributed by atoms with Gasteiger partial charge in [-0.3, -0.25) is 4.90 Å². The lowest BCUT2D eigenvalue weighted by Crippen LogP contribution is -2.43. The van der Waals surface area contributed by atoms with Crippen LogP contribution >= 0.6 is 0 Å². The SMILES string of the molecule is COc1ccc(CN)cc1CN1[C@H](C)CCC[C@@H]1C. The molecule has 0 spiro atoms. The molecule has 1 saturated heterocycles. The van der Waals surface area contributed by atoms with Gasteiger partial charge in [-0.15, -0.1) is 0 Å². The summed E-state index contributed by atoms with van der Waals surface area (Å²) in [6.45, 7) is 6.20. The van der Waals surface area contributed by atoms with E-state index in [1.54, 1.807) is 7.11 Å². The van der Waals surface area contributed by atoms with Crippen molar-refractivity contribution in [2.24, 2.45) is 5.73 Å². The summed E-state index contributed by atoms with van der Waals surface area (Å²) in [7, 11) is 1.74. The molecule has 0 radical (unpaired) electrons. The van der Waals surface area contributed by atoms with E-state index in [1.165, 1.54) is 30.4 Å². The second kappa shape index (κ2) is 6.40. The molecular formula is C16H26N2O. The zero-order valence-corrected chi connectivity index (χ0v) is 12.4. The van der Waals surface area contributed by atoms with Gasteiger partial charge in [0.15, 0.2) is 0 Å². The van der Waals surface area contributed by atoms with Crippen LogP contribution in [-0.4, -0.2) is 24.1 Å². The predicted octanol–water partition coefficient (Wildman–Crippen LogP) is 2.92. The molecule has 0 aromatic heterocycles. The minimum Gasteiger partial charge on any atom is -0.496 e. The van der Waals surface area contributed by atoms with E-state index in [0.29, 0.717) is 18.6 Å². The Morgan fingerprint density at radius 3 is 2.53 bits per heavy atom. The van der Waals surface area contributed by atoms with Gasteiger partial charge in [-0.05, 0) is 44.4 Å². The lowest BCUT2D eigenvalue weighted by Gasteiger charge is -2.39. The van der Waals surface area contributed by atoms with Gasteiger partial charge in [-0.1, -0.05) is 12.5 Å². The minimum absolute atomic E-state index is 0.585. The summed E-state index contributed by atoms with van der Waals surface area (Å²) in [5.74, 6) is 0.974. The average molecular weight is 262 g/mol. The van der Waals surface area contributed by atoms with Crippen LogP contribution in [0, 0.1) is 0 Å². The van der Waals surface area contributed by atoms with Crippen molar-refractivity contribution in [2.75, 3.05) is 7.11 Å². The van der Waals surface area contributed by atoms with Crippen molar-refractivity contribution in [3.8, 4) is 5.75 Å². The van der Waals surface area contributed by atoms with Crippen molar-refractivity contribution in [1.82, 2.24) is 4.90 Å². The van der Waals surface area contributed by atoms with Crippen LogP contribution in [0.15, 0.2) is 18.2 Å². The number of nitrogens with two attached hydrogens (primary N) is 1. The van der Waals surface area contributed by atoms with E-state index in [0.717, 1.165) is 12.3 Å². The first-order chi connectivity index (χ1) is 9.15. The molecule has 0 bridgehead atoms. The first kappa shape index (κ1) is 14.4. The molecule has 1 aliphatic heterocycles. The molecule has 0 amide bonds. The number of piperidine rings is 1. The van der Waals surface area contributed by atoms with Crippen LogP contribution in [0.2, 0.25) is 0 Å². The molecule has 106 valence electrons. The van der Waals surface area contributed by atoms with Crippen LogP contribution in [-0.2, 0) is 13.1 Å². The van der Waals surface area contributed by atoms with Gasteiger partial charge in [0.05, 0.1) is 7.11 Å². The predicted molar refractivity (Wildman–Crippen MR) is 79.2 cm³/mol. The van der Waals surface area contributed by atoms with E-state index in [4.69, 9.17) is 10.5 Å². The summed E-state index contributed by atoms with van der Waals surface area (Å²) in [6.07, 6.45) is 3.94. The van der Waals surface area contributed by atoms with Crippen LogP contribution in [0.4, 0.5) is 0 Å². The Morgan fingerprint density at radius 1 is 1.26 bits per heavy atom. The number of rotatable bonds is 4. The molecule has 3 nitrogen and oxygen atoms in total. The second-order valence-electron chi connectivity index (χ2n) is 5.65. The quantitative estimate of drug-likeness (QED) is 0.906. The van der Waals surface area contributed by atoms with Gasteiger partial charge in [-0.25, -0.2) is 0 Å². The third-order valence-electron chi connectivity index (χ3n) is 4.31. The molecule has 1 aromatic carbocycles. The Balaban J connectivity index is 2.20. The number of ether oxygens (including phenoxy) is 1. The Hall–Kier alpha value is -1.06. The summed E-state index contributed by atoms with van der Waals surface area (Å²) >= 11 is 0. The molecule has 0 unspecified atom stereocenters. The van der Waals surface area contributed by atoms with E-state index in [-0.39, 0.29) is 0 Å². The number of nitrogens with zero attached hydrogens (tertiary/aromatic N) is 1. The topological polar surface area (TPSA) is 38.5 Å². The highest BCUT2D eigenvalue weighted by Crippen LogP contribution is 2.28. The van der Waals surface area contributed by atoms with E-state index in [2.05, 4.69) is 24.8 Å². The molecule has 1 heterocycles. The minimum atomic E-state index is 0.585. The normalized spacial score (nSPS) is 24.4. The van der Waals surface area contributed by atoms with E-state index < -0.39 is 0 Å². The highest BCUT2D eigenvalue weighted by atomic mass is 16.5. The number of likely N-dealkylation sites (tertiary alicyclic amines) is 1. The van der Waals surface area contributed by atoms with Crippen LogP contribution < -0.4 is 10.5 Å². The van der Waals surface area contributed by atoms with Crippen molar-refractivity contribution in [1.29, 1.82) is 0 Å². The number of hydrogen-bond acceptors (Lipinski definition) is 3. The smallest absolute Gasteiger partial charge is 0.123 e. The fraction of sp³-hybridized carbons (Fsp3) is 0.625. The molecule has 2 N–H and O–H groups in total. The molecule has 2 rings (SSSR count). The molecule has 0 saturated carbocycles. The lowest BCUT2D eigenvalue weighted by molar-refractivity contribution is 0.0943. The first-order valence-corrected chi connectivity index (χ1v) is 7.27. The summed E-state index contributed by atoms with van der Waals surface area (Å²) in [5.41, 5.74) is 8.17. The Labute approximate surface area is 116 Å². The molecule has 2 atom stereocenters. The fourth-order valence-corrected chi connectivity index (χ4v) is 3.07. The largest absolute Gasteiger partial charge is 0.496 e. The van der Waals surface area contributed by atoms with Gasteiger partial charge >= 0.3 is 0 Å². The van der Waals surface area contributed by atoms with Gasteiger partial charge in [0.1, 0.15) is 5.75 Å². The maximum Gasteiger partial charge on any atom is 0.123 e. The standard InChI is InChI=1S/C16H26N2O/c1-12-5-4-6-13(2)18(12)11-15-9-14(10-17)7-8-16(15)19-3/h7-9,12-13H,4-6,10-11,17H2,1-3H3/t12-,13+. The van der Waals surface area contributed by atoms with Crippen molar-refractivity contribution in [2.45, 2.75) is 58.3 Å². The van der Waals surface area contributed by atoms with Crippen molar-refractivity contribution in [3.05, 3.63) is 29.3 Å². The molecule has 1 aromatic rings. The fourth-order valence-electron chi connectivity index (χ4n) is 3.07. The molecule has 0 aliphatic carbocycles. The van der Waals surface area contributed by atoms with Crippen LogP contribution in [0.1, 0.15) is 44.2 Å². The Bertz CT molecular complexity index is 409. The number of benzene rings is 1. The van der Waals surface area contributed by atoms with Gasteiger partial charge in [0.25, 0.3) is 0 Å².